The standard InChI is InChI=1S/C11H17NO2S/c1-7(2)10-6-12-11(15(5,13)14)9(4)8(10)3/h6-7H,1-5H3. The number of hydrogen-bond donors (Lipinski definition) is 0. The van der Waals surface area contributed by atoms with Gasteiger partial charge in [-0.3, -0.25) is 0 Å². The Hall–Kier alpha value is -0.900. The van der Waals surface area contributed by atoms with Gasteiger partial charge in [-0.15, -0.1) is 0 Å². The first-order valence-electron chi connectivity index (χ1n) is 4.91. The summed E-state index contributed by atoms with van der Waals surface area (Å²) in [5, 5.41) is 0.199. The number of aromatic nitrogens is 1. The first-order valence-corrected chi connectivity index (χ1v) is 6.80. The molecule has 0 bridgehead atoms. The van der Waals surface area contributed by atoms with Gasteiger partial charge in [-0.05, 0) is 36.5 Å². The average Bonchev–Trinajstić information content (AvgIpc) is 2.06. The number of hydrogen-bond acceptors (Lipinski definition) is 3. The molecule has 0 N–H and O–H groups in total. The zero-order valence-corrected chi connectivity index (χ0v) is 10.6. The van der Waals surface area contributed by atoms with Crippen LogP contribution in [0.5, 0.6) is 0 Å². The van der Waals surface area contributed by atoms with Gasteiger partial charge in [-0.25, -0.2) is 13.4 Å². The summed E-state index contributed by atoms with van der Waals surface area (Å²) in [6.45, 7) is 7.90. The van der Waals surface area contributed by atoms with E-state index in [1.54, 1.807) is 6.20 Å². The van der Waals surface area contributed by atoms with E-state index in [-0.39, 0.29) is 5.03 Å². The predicted molar refractivity (Wildman–Crippen MR) is 60.9 cm³/mol. The Morgan fingerprint density at radius 1 is 1.20 bits per heavy atom. The third-order valence-electron chi connectivity index (χ3n) is 2.61. The van der Waals surface area contributed by atoms with Crippen molar-refractivity contribution in [3.63, 3.8) is 0 Å². The maximum atomic E-state index is 11.4. The van der Waals surface area contributed by atoms with Gasteiger partial charge in [0, 0.05) is 12.5 Å². The van der Waals surface area contributed by atoms with Gasteiger partial charge < -0.3 is 0 Å². The summed E-state index contributed by atoms with van der Waals surface area (Å²) >= 11 is 0. The average molecular weight is 227 g/mol. The summed E-state index contributed by atoms with van der Waals surface area (Å²) in [7, 11) is -3.21. The van der Waals surface area contributed by atoms with Crippen LogP contribution in [0.15, 0.2) is 11.2 Å². The van der Waals surface area contributed by atoms with Crippen molar-refractivity contribution in [3.05, 3.63) is 22.9 Å². The molecule has 1 aromatic heterocycles. The van der Waals surface area contributed by atoms with E-state index in [0.29, 0.717) is 5.92 Å². The molecule has 1 heterocycles. The van der Waals surface area contributed by atoms with E-state index in [2.05, 4.69) is 18.8 Å². The molecule has 1 rings (SSSR count). The molecule has 0 atom stereocenters. The van der Waals surface area contributed by atoms with Gasteiger partial charge in [0.1, 0.15) is 0 Å². The highest BCUT2D eigenvalue weighted by molar-refractivity contribution is 7.90. The molecule has 0 aliphatic rings. The van der Waals surface area contributed by atoms with Gasteiger partial charge in [0.05, 0.1) is 0 Å². The van der Waals surface area contributed by atoms with Gasteiger partial charge in [0.2, 0.25) is 0 Å². The van der Waals surface area contributed by atoms with Crippen molar-refractivity contribution in [1.29, 1.82) is 0 Å². The van der Waals surface area contributed by atoms with Crippen LogP contribution in [0.3, 0.4) is 0 Å². The molecule has 0 aromatic carbocycles. The Kier molecular flexibility index (Phi) is 3.19. The highest BCUT2D eigenvalue weighted by Crippen LogP contribution is 2.24. The lowest BCUT2D eigenvalue weighted by atomic mass is 9.98. The van der Waals surface area contributed by atoms with Crippen LogP contribution in [0.2, 0.25) is 0 Å². The molecule has 0 fully saturated rings. The van der Waals surface area contributed by atoms with Crippen LogP contribution in [0.25, 0.3) is 0 Å². The lowest BCUT2D eigenvalue weighted by molar-refractivity contribution is 0.596. The quantitative estimate of drug-likeness (QED) is 0.778. The molecule has 0 saturated heterocycles. The van der Waals surface area contributed by atoms with Crippen LogP contribution in [0.4, 0.5) is 0 Å². The molecule has 0 spiro atoms. The normalized spacial score (nSPS) is 12.1. The molecule has 0 unspecified atom stereocenters. The molecule has 15 heavy (non-hydrogen) atoms. The molecule has 1 aromatic rings. The summed E-state index contributed by atoms with van der Waals surface area (Å²) in [6, 6.07) is 0. The number of nitrogens with zero attached hydrogens (tertiary/aromatic N) is 1. The van der Waals surface area contributed by atoms with E-state index in [1.807, 2.05) is 13.8 Å². The Morgan fingerprint density at radius 2 is 1.73 bits per heavy atom. The molecule has 0 radical (unpaired) electrons. The lowest BCUT2D eigenvalue weighted by Crippen LogP contribution is -2.07. The maximum Gasteiger partial charge on any atom is 0.193 e. The zero-order valence-electron chi connectivity index (χ0n) is 9.83. The monoisotopic (exact) mass is 227 g/mol. The minimum atomic E-state index is -3.21. The minimum Gasteiger partial charge on any atom is -0.244 e. The summed E-state index contributed by atoms with van der Waals surface area (Å²) in [4.78, 5) is 4.04. The van der Waals surface area contributed by atoms with Crippen molar-refractivity contribution < 1.29 is 8.42 Å². The fourth-order valence-corrected chi connectivity index (χ4v) is 2.61. The van der Waals surface area contributed by atoms with Crippen molar-refractivity contribution in [3.8, 4) is 0 Å². The van der Waals surface area contributed by atoms with Gasteiger partial charge in [0.15, 0.2) is 14.9 Å². The molecule has 3 nitrogen and oxygen atoms in total. The highest BCUT2D eigenvalue weighted by Gasteiger charge is 2.16. The van der Waals surface area contributed by atoms with Crippen molar-refractivity contribution in [2.24, 2.45) is 0 Å². The molecule has 0 aliphatic carbocycles. The first-order chi connectivity index (χ1) is 6.75. The summed E-state index contributed by atoms with van der Waals surface area (Å²) < 4.78 is 22.8. The van der Waals surface area contributed by atoms with Gasteiger partial charge in [-0.1, -0.05) is 13.8 Å². The lowest BCUT2D eigenvalue weighted by Gasteiger charge is -2.13. The largest absolute Gasteiger partial charge is 0.244 e. The molecule has 0 amide bonds. The fraction of sp³-hybridized carbons (Fsp3) is 0.545. The molecule has 0 aliphatic heterocycles. The minimum absolute atomic E-state index is 0.199. The second-order valence-corrected chi connectivity index (χ2v) is 6.13. The van der Waals surface area contributed by atoms with Gasteiger partial charge >= 0.3 is 0 Å². The molecule has 0 saturated carbocycles. The number of pyridine rings is 1. The second-order valence-electron chi connectivity index (χ2n) is 4.20. The Labute approximate surface area is 91.5 Å². The van der Waals surface area contributed by atoms with Crippen LogP contribution in [-0.2, 0) is 9.84 Å². The second kappa shape index (κ2) is 3.93. The Bertz CT molecular complexity index is 476. The SMILES string of the molecule is Cc1c(C(C)C)cnc(S(C)(=O)=O)c1C. The molecular weight excluding hydrogens is 210 g/mol. The van der Waals surface area contributed by atoms with Gasteiger partial charge in [-0.2, -0.15) is 0 Å². The van der Waals surface area contributed by atoms with E-state index in [9.17, 15) is 8.42 Å². The van der Waals surface area contributed by atoms with Crippen LogP contribution >= 0.6 is 0 Å². The molecule has 4 heteroatoms. The van der Waals surface area contributed by atoms with E-state index in [1.165, 1.54) is 6.26 Å². The van der Waals surface area contributed by atoms with Crippen LogP contribution < -0.4 is 0 Å². The van der Waals surface area contributed by atoms with Crippen LogP contribution in [0.1, 0.15) is 36.5 Å². The van der Waals surface area contributed by atoms with Crippen molar-refractivity contribution in [2.75, 3.05) is 6.26 Å². The topological polar surface area (TPSA) is 47.0 Å². The third kappa shape index (κ3) is 2.37. The Morgan fingerprint density at radius 3 is 2.13 bits per heavy atom. The fourth-order valence-electron chi connectivity index (χ4n) is 1.65. The van der Waals surface area contributed by atoms with Gasteiger partial charge in [0.25, 0.3) is 0 Å². The summed E-state index contributed by atoms with van der Waals surface area (Å²) in [6.07, 6.45) is 2.86. The van der Waals surface area contributed by atoms with E-state index >= 15 is 0 Å². The highest BCUT2D eigenvalue weighted by atomic mass is 32.2. The van der Waals surface area contributed by atoms with Crippen molar-refractivity contribution in [2.45, 2.75) is 38.6 Å². The smallest absolute Gasteiger partial charge is 0.193 e. The maximum absolute atomic E-state index is 11.4. The van der Waals surface area contributed by atoms with Crippen LogP contribution in [-0.4, -0.2) is 19.7 Å². The predicted octanol–water partition coefficient (Wildman–Crippen LogP) is 2.23. The zero-order chi connectivity index (χ0) is 11.8. The van der Waals surface area contributed by atoms with Crippen molar-refractivity contribution in [1.82, 2.24) is 4.98 Å². The first kappa shape index (κ1) is 12.2. The molecular formula is C11H17NO2S. The molecule has 84 valence electrons. The van der Waals surface area contributed by atoms with E-state index in [4.69, 9.17) is 0 Å². The van der Waals surface area contributed by atoms with Crippen LogP contribution in [0, 0.1) is 13.8 Å². The van der Waals surface area contributed by atoms with Crippen molar-refractivity contribution >= 4 is 9.84 Å². The number of rotatable bonds is 2. The van der Waals surface area contributed by atoms with E-state index < -0.39 is 9.84 Å². The van der Waals surface area contributed by atoms with E-state index in [0.717, 1.165) is 16.7 Å². The summed E-state index contributed by atoms with van der Waals surface area (Å²) in [5.41, 5.74) is 2.91. The number of sulfone groups is 1. The summed E-state index contributed by atoms with van der Waals surface area (Å²) in [5.74, 6) is 0.366. The Balaban J connectivity index is 3.48. The third-order valence-corrected chi connectivity index (χ3v) is 3.72.